The molecule has 0 heterocycles. The van der Waals surface area contributed by atoms with Gasteiger partial charge in [0.05, 0.1) is 27.9 Å². The van der Waals surface area contributed by atoms with E-state index in [-0.39, 0.29) is 21.8 Å². The molecule has 0 radical (unpaired) electrons. The summed E-state index contributed by atoms with van der Waals surface area (Å²) in [6.45, 7) is 0. The number of nitriles is 1. The van der Waals surface area contributed by atoms with Gasteiger partial charge in [-0.3, -0.25) is 4.79 Å². The van der Waals surface area contributed by atoms with Crippen LogP contribution in [0.1, 0.15) is 15.9 Å². The lowest BCUT2D eigenvalue weighted by Crippen LogP contribution is -2.14. The van der Waals surface area contributed by atoms with Crippen LogP contribution in [-0.2, 0) is 0 Å². The molecule has 0 bridgehead atoms. The highest BCUT2D eigenvalue weighted by atomic mass is 35.5. The van der Waals surface area contributed by atoms with Crippen molar-refractivity contribution in [3.8, 4) is 6.07 Å². The number of rotatable bonds is 2. The summed E-state index contributed by atoms with van der Waals surface area (Å²) in [4.78, 5) is 11.9. The fourth-order valence-electron chi connectivity index (χ4n) is 1.55. The summed E-state index contributed by atoms with van der Waals surface area (Å²) < 4.78 is 26.9. The maximum absolute atomic E-state index is 13.6. The molecule has 0 aliphatic heterocycles. The first-order chi connectivity index (χ1) is 9.52. The summed E-state index contributed by atoms with van der Waals surface area (Å²) in [6, 6.07) is 9.12. The molecule has 0 unspecified atom stereocenters. The van der Waals surface area contributed by atoms with Crippen LogP contribution in [0.4, 0.5) is 14.5 Å². The van der Waals surface area contributed by atoms with Crippen LogP contribution < -0.4 is 5.32 Å². The summed E-state index contributed by atoms with van der Waals surface area (Å²) in [5.41, 5.74) is -0.0889. The lowest BCUT2D eigenvalue weighted by Gasteiger charge is -2.08. The van der Waals surface area contributed by atoms with Crippen LogP contribution in [0, 0.1) is 23.0 Å². The van der Waals surface area contributed by atoms with Crippen molar-refractivity contribution in [1.82, 2.24) is 0 Å². The Labute approximate surface area is 118 Å². The van der Waals surface area contributed by atoms with E-state index >= 15 is 0 Å². The Kier molecular flexibility index (Phi) is 3.97. The van der Waals surface area contributed by atoms with Crippen LogP contribution >= 0.6 is 11.6 Å². The van der Waals surface area contributed by atoms with Crippen LogP contribution in [0.3, 0.4) is 0 Å². The highest BCUT2D eigenvalue weighted by Crippen LogP contribution is 2.22. The lowest BCUT2D eigenvalue weighted by molar-refractivity contribution is 0.102. The maximum atomic E-state index is 13.6. The Morgan fingerprint density at radius 2 is 1.95 bits per heavy atom. The Bertz CT molecular complexity index is 726. The van der Waals surface area contributed by atoms with Crippen molar-refractivity contribution in [3.05, 3.63) is 64.2 Å². The molecule has 1 N–H and O–H groups in total. The monoisotopic (exact) mass is 292 g/mol. The van der Waals surface area contributed by atoms with Crippen molar-refractivity contribution in [1.29, 1.82) is 5.26 Å². The molecular formula is C14H7ClF2N2O. The minimum atomic E-state index is -0.759. The van der Waals surface area contributed by atoms with Crippen molar-refractivity contribution in [3.63, 3.8) is 0 Å². The third-order valence-corrected chi connectivity index (χ3v) is 2.93. The molecule has 0 atom stereocenters. The Morgan fingerprint density at radius 1 is 1.20 bits per heavy atom. The summed E-state index contributed by atoms with van der Waals surface area (Å²) >= 11 is 5.67. The van der Waals surface area contributed by atoms with Gasteiger partial charge in [-0.05, 0) is 30.3 Å². The van der Waals surface area contributed by atoms with Crippen molar-refractivity contribution in [2.45, 2.75) is 0 Å². The van der Waals surface area contributed by atoms with Gasteiger partial charge in [0, 0.05) is 0 Å². The first-order valence-electron chi connectivity index (χ1n) is 5.48. The smallest absolute Gasteiger partial charge is 0.257 e. The van der Waals surface area contributed by atoms with Crippen molar-refractivity contribution >= 4 is 23.2 Å². The van der Waals surface area contributed by atoms with Crippen molar-refractivity contribution in [2.75, 3.05) is 5.32 Å². The van der Waals surface area contributed by atoms with Gasteiger partial charge in [0.25, 0.3) is 5.91 Å². The maximum Gasteiger partial charge on any atom is 0.257 e. The van der Waals surface area contributed by atoms with E-state index in [0.29, 0.717) is 0 Å². The van der Waals surface area contributed by atoms with Gasteiger partial charge >= 0.3 is 0 Å². The summed E-state index contributed by atoms with van der Waals surface area (Å²) in [7, 11) is 0. The second kappa shape index (κ2) is 5.68. The molecule has 0 aliphatic rings. The molecule has 2 aromatic carbocycles. The molecule has 0 saturated carbocycles. The zero-order chi connectivity index (χ0) is 14.7. The van der Waals surface area contributed by atoms with E-state index in [4.69, 9.17) is 16.9 Å². The normalized spacial score (nSPS) is 9.90. The predicted octanol–water partition coefficient (Wildman–Crippen LogP) is 3.74. The van der Waals surface area contributed by atoms with Gasteiger partial charge < -0.3 is 5.32 Å². The quantitative estimate of drug-likeness (QED) is 0.916. The molecule has 3 nitrogen and oxygen atoms in total. The molecule has 0 spiro atoms. The number of carbonyl (C=O) groups excluding carboxylic acids is 1. The van der Waals surface area contributed by atoms with Gasteiger partial charge in [-0.15, -0.1) is 0 Å². The second-order valence-corrected chi connectivity index (χ2v) is 4.24. The predicted molar refractivity (Wildman–Crippen MR) is 70.5 cm³/mol. The number of benzene rings is 2. The number of nitrogens with zero attached hydrogens (tertiary/aromatic N) is 1. The van der Waals surface area contributed by atoms with Crippen LogP contribution in [0.25, 0.3) is 0 Å². The van der Waals surface area contributed by atoms with E-state index in [1.165, 1.54) is 24.3 Å². The number of amides is 1. The Balaban J connectivity index is 2.29. The molecule has 0 saturated heterocycles. The Morgan fingerprint density at radius 3 is 2.60 bits per heavy atom. The highest BCUT2D eigenvalue weighted by molar-refractivity contribution is 6.34. The summed E-state index contributed by atoms with van der Waals surface area (Å²) in [6.07, 6.45) is 0. The molecule has 2 rings (SSSR count). The number of carbonyl (C=O) groups is 1. The van der Waals surface area contributed by atoms with Gasteiger partial charge in [-0.1, -0.05) is 17.7 Å². The van der Waals surface area contributed by atoms with Crippen LogP contribution in [0.15, 0.2) is 36.4 Å². The molecule has 20 heavy (non-hydrogen) atoms. The average Bonchev–Trinajstić information content (AvgIpc) is 2.44. The second-order valence-electron chi connectivity index (χ2n) is 3.86. The third-order valence-electron chi connectivity index (χ3n) is 2.54. The molecule has 1 amide bonds. The SMILES string of the molecule is N#Cc1ccc(NC(=O)c2cccc(F)c2Cl)c(F)c1. The molecule has 0 aromatic heterocycles. The number of halogens is 3. The van der Waals surface area contributed by atoms with E-state index < -0.39 is 17.5 Å². The fourth-order valence-corrected chi connectivity index (χ4v) is 1.77. The van der Waals surface area contributed by atoms with E-state index in [1.807, 2.05) is 0 Å². The van der Waals surface area contributed by atoms with Gasteiger partial charge in [-0.2, -0.15) is 5.26 Å². The van der Waals surface area contributed by atoms with Crippen molar-refractivity contribution < 1.29 is 13.6 Å². The molecule has 100 valence electrons. The summed E-state index contributed by atoms with van der Waals surface area (Å²) in [5.74, 6) is -2.23. The topological polar surface area (TPSA) is 52.9 Å². The van der Waals surface area contributed by atoms with Crippen LogP contribution in [0.2, 0.25) is 5.02 Å². The van der Waals surface area contributed by atoms with Gasteiger partial charge in [0.2, 0.25) is 0 Å². The first kappa shape index (κ1) is 14.0. The van der Waals surface area contributed by atoms with E-state index in [2.05, 4.69) is 5.32 Å². The van der Waals surface area contributed by atoms with Crippen LogP contribution in [0.5, 0.6) is 0 Å². The minimum absolute atomic E-state index is 0.101. The molecule has 0 fully saturated rings. The van der Waals surface area contributed by atoms with E-state index in [0.717, 1.165) is 12.1 Å². The summed E-state index contributed by atoms with van der Waals surface area (Å²) in [5, 5.41) is 10.6. The van der Waals surface area contributed by atoms with Gasteiger partial charge in [-0.25, -0.2) is 8.78 Å². The van der Waals surface area contributed by atoms with E-state index in [9.17, 15) is 13.6 Å². The number of anilines is 1. The third kappa shape index (κ3) is 2.76. The Hall–Kier alpha value is -2.45. The number of hydrogen-bond donors (Lipinski definition) is 1. The molecule has 0 aliphatic carbocycles. The first-order valence-corrected chi connectivity index (χ1v) is 5.85. The molecule has 2 aromatic rings. The minimum Gasteiger partial charge on any atom is -0.319 e. The zero-order valence-corrected chi connectivity index (χ0v) is 10.7. The van der Waals surface area contributed by atoms with E-state index in [1.54, 1.807) is 6.07 Å². The van der Waals surface area contributed by atoms with Crippen LogP contribution in [-0.4, -0.2) is 5.91 Å². The average molecular weight is 293 g/mol. The van der Waals surface area contributed by atoms with Crippen molar-refractivity contribution in [2.24, 2.45) is 0 Å². The standard InChI is InChI=1S/C14H7ClF2N2O/c15-13-9(2-1-3-10(13)16)14(20)19-12-5-4-8(7-18)6-11(12)17/h1-6H,(H,19,20). The van der Waals surface area contributed by atoms with Gasteiger partial charge in [0.1, 0.15) is 11.6 Å². The highest BCUT2D eigenvalue weighted by Gasteiger charge is 2.15. The largest absolute Gasteiger partial charge is 0.319 e. The number of hydrogen-bond acceptors (Lipinski definition) is 2. The zero-order valence-electron chi connectivity index (χ0n) is 9.95. The lowest BCUT2D eigenvalue weighted by atomic mass is 10.1. The molecular weight excluding hydrogens is 286 g/mol. The fraction of sp³-hybridized carbons (Fsp3) is 0. The number of nitrogens with one attached hydrogen (secondary N) is 1. The van der Waals surface area contributed by atoms with Gasteiger partial charge in [0.15, 0.2) is 0 Å². The molecule has 6 heteroatoms.